The summed E-state index contributed by atoms with van der Waals surface area (Å²) in [5.41, 5.74) is 4.46. The van der Waals surface area contributed by atoms with Gasteiger partial charge in [0, 0.05) is 11.7 Å². The van der Waals surface area contributed by atoms with E-state index in [4.69, 9.17) is 0 Å². The van der Waals surface area contributed by atoms with Gasteiger partial charge in [0.2, 0.25) is 0 Å². The van der Waals surface area contributed by atoms with Gasteiger partial charge in [0.25, 0.3) is 5.91 Å². The summed E-state index contributed by atoms with van der Waals surface area (Å²) in [4.78, 5) is 12.4. The van der Waals surface area contributed by atoms with E-state index in [1.807, 2.05) is 26.8 Å². The number of nitrogens with one attached hydrogen (secondary N) is 2. The maximum absolute atomic E-state index is 12.4. The van der Waals surface area contributed by atoms with E-state index in [9.17, 15) is 4.79 Å². The van der Waals surface area contributed by atoms with Gasteiger partial charge in [0.05, 0.1) is 0 Å². The quantitative estimate of drug-likeness (QED) is 0.892. The van der Waals surface area contributed by atoms with Gasteiger partial charge in [-0.2, -0.15) is 0 Å². The standard InChI is InChI=1S/C19H24N4O/c1-12-10-13(2)18(14(3)11-12)21-19(24)16-8-9-17(23-22-16)20-15-6-4-5-7-15/h8-11,15H,4-7H2,1-3H3,(H,20,23)(H,21,24). The van der Waals surface area contributed by atoms with Gasteiger partial charge >= 0.3 is 0 Å². The van der Waals surface area contributed by atoms with E-state index in [-0.39, 0.29) is 5.91 Å². The zero-order chi connectivity index (χ0) is 17.1. The molecule has 2 aromatic rings. The highest BCUT2D eigenvalue weighted by molar-refractivity contribution is 6.03. The van der Waals surface area contributed by atoms with Gasteiger partial charge in [0.1, 0.15) is 5.82 Å². The second-order valence-corrected chi connectivity index (χ2v) is 6.66. The molecular formula is C19H24N4O. The van der Waals surface area contributed by atoms with E-state index in [1.54, 1.807) is 6.07 Å². The van der Waals surface area contributed by atoms with Crippen molar-refractivity contribution in [2.24, 2.45) is 0 Å². The van der Waals surface area contributed by atoms with Gasteiger partial charge in [-0.15, -0.1) is 10.2 Å². The minimum absolute atomic E-state index is 0.232. The van der Waals surface area contributed by atoms with Crippen LogP contribution < -0.4 is 10.6 Å². The fourth-order valence-corrected chi connectivity index (χ4v) is 3.36. The smallest absolute Gasteiger partial charge is 0.276 e. The Morgan fingerprint density at radius 2 is 1.71 bits per heavy atom. The molecule has 0 radical (unpaired) electrons. The summed E-state index contributed by atoms with van der Waals surface area (Å²) in [7, 11) is 0. The highest BCUT2D eigenvalue weighted by Gasteiger charge is 2.16. The molecule has 1 amide bonds. The van der Waals surface area contributed by atoms with Crippen molar-refractivity contribution in [3.63, 3.8) is 0 Å². The fraction of sp³-hybridized carbons (Fsp3) is 0.421. The summed E-state index contributed by atoms with van der Waals surface area (Å²) in [6, 6.07) is 8.15. The number of aromatic nitrogens is 2. The Labute approximate surface area is 142 Å². The van der Waals surface area contributed by atoms with E-state index >= 15 is 0 Å². The lowest BCUT2D eigenvalue weighted by atomic mass is 10.1. The number of benzene rings is 1. The third-order valence-corrected chi connectivity index (χ3v) is 4.52. The summed E-state index contributed by atoms with van der Waals surface area (Å²) < 4.78 is 0. The molecule has 5 heteroatoms. The lowest BCUT2D eigenvalue weighted by molar-refractivity contribution is 0.102. The van der Waals surface area contributed by atoms with E-state index in [0.29, 0.717) is 11.7 Å². The lowest BCUT2D eigenvalue weighted by Gasteiger charge is -2.13. The number of carbonyl (C=O) groups is 1. The largest absolute Gasteiger partial charge is 0.366 e. The topological polar surface area (TPSA) is 66.9 Å². The Hall–Kier alpha value is -2.43. The zero-order valence-electron chi connectivity index (χ0n) is 14.5. The zero-order valence-corrected chi connectivity index (χ0v) is 14.5. The SMILES string of the molecule is Cc1cc(C)c(NC(=O)c2ccc(NC3CCCC3)nn2)c(C)c1. The summed E-state index contributed by atoms with van der Waals surface area (Å²) >= 11 is 0. The number of anilines is 2. The maximum atomic E-state index is 12.4. The average Bonchev–Trinajstić information content (AvgIpc) is 3.04. The van der Waals surface area contributed by atoms with Crippen LogP contribution in [-0.2, 0) is 0 Å². The average molecular weight is 324 g/mol. The van der Waals surface area contributed by atoms with E-state index in [0.717, 1.165) is 22.6 Å². The van der Waals surface area contributed by atoms with E-state index in [2.05, 4.69) is 33.0 Å². The predicted molar refractivity (Wildman–Crippen MR) is 96.5 cm³/mol. The van der Waals surface area contributed by atoms with Crippen LogP contribution in [0.4, 0.5) is 11.5 Å². The van der Waals surface area contributed by atoms with E-state index < -0.39 is 0 Å². The van der Waals surface area contributed by atoms with Gasteiger partial charge in [-0.1, -0.05) is 30.5 Å². The minimum atomic E-state index is -0.232. The van der Waals surface area contributed by atoms with Gasteiger partial charge < -0.3 is 10.6 Å². The number of carbonyl (C=O) groups excluding carboxylic acids is 1. The van der Waals surface area contributed by atoms with Crippen molar-refractivity contribution in [3.8, 4) is 0 Å². The van der Waals surface area contributed by atoms with Crippen LogP contribution >= 0.6 is 0 Å². The molecule has 1 heterocycles. The van der Waals surface area contributed by atoms with Crippen molar-refractivity contribution in [2.75, 3.05) is 10.6 Å². The first-order chi connectivity index (χ1) is 11.5. The molecule has 5 nitrogen and oxygen atoms in total. The molecule has 0 saturated heterocycles. The Kier molecular flexibility index (Phi) is 4.79. The van der Waals surface area contributed by atoms with Gasteiger partial charge in [-0.25, -0.2) is 0 Å². The Balaban J connectivity index is 1.69. The maximum Gasteiger partial charge on any atom is 0.276 e. The number of aryl methyl sites for hydroxylation is 3. The van der Waals surface area contributed by atoms with Gasteiger partial charge in [-0.3, -0.25) is 4.79 Å². The van der Waals surface area contributed by atoms with Crippen LogP contribution in [0.15, 0.2) is 24.3 Å². The van der Waals surface area contributed by atoms with Crippen LogP contribution in [0.3, 0.4) is 0 Å². The third-order valence-electron chi connectivity index (χ3n) is 4.52. The van der Waals surface area contributed by atoms with Crippen molar-refractivity contribution in [1.29, 1.82) is 0 Å². The normalized spacial score (nSPS) is 14.6. The highest BCUT2D eigenvalue weighted by atomic mass is 16.1. The predicted octanol–water partition coefficient (Wildman–Crippen LogP) is 4.01. The number of hydrogen-bond acceptors (Lipinski definition) is 4. The Bertz CT molecular complexity index is 711. The second kappa shape index (κ2) is 6.99. The molecule has 24 heavy (non-hydrogen) atoms. The summed E-state index contributed by atoms with van der Waals surface area (Å²) in [5.74, 6) is 0.506. The Morgan fingerprint density at radius 3 is 2.29 bits per heavy atom. The molecule has 0 unspecified atom stereocenters. The number of amides is 1. The molecule has 0 bridgehead atoms. The Morgan fingerprint density at radius 1 is 1.04 bits per heavy atom. The van der Waals surface area contributed by atoms with Crippen LogP contribution in [0.5, 0.6) is 0 Å². The molecule has 1 aliphatic rings. The van der Waals surface area contributed by atoms with Crippen molar-refractivity contribution in [3.05, 3.63) is 46.6 Å². The van der Waals surface area contributed by atoms with Crippen LogP contribution in [0.25, 0.3) is 0 Å². The first-order valence-electron chi connectivity index (χ1n) is 8.52. The van der Waals surface area contributed by atoms with Crippen molar-refractivity contribution >= 4 is 17.4 Å². The van der Waals surface area contributed by atoms with Crippen molar-refractivity contribution in [1.82, 2.24) is 10.2 Å². The van der Waals surface area contributed by atoms with Gasteiger partial charge in [-0.05, 0) is 56.9 Å². The molecule has 0 aliphatic heterocycles. The number of rotatable bonds is 4. The summed E-state index contributed by atoms with van der Waals surface area (Å²) in [6.07, 6.45) is 4.88. The molecule has 126 valence electrons. The highest BCUT2D eigenvalue weighted by Crippen LogP contribution is 2.23. The molecule has 3 rings (SSSR count). The molecule has 2 N–H and O–H groups in total. The molecule has 1 fully saturated rings. The second-order valence-electron chi connectivity index (χ2n) is 6.66. The van der Waals surface area contributed by atoms with Crippen LogP contribution in [-0.4, -0.2) is 22.1 Å². The van der Waals surface area contributed by atoms with Crippen LogP contribution in [0.1, 0.15) is 52.9 Å². The van der Waals surface area contributed by atoms with Crippen LogP contribution in [0.2, 0.25) is 0 Å². The fourth-order valence-electron chi connectivity index (χ4n) is 3.36. The molecular weight excluding hydrogens is 300 g/mol. The first kappa shape index (κ1) is 16.4. The summed E-state index contributed by atoms with van der Waals surface area (Å²) in [6.45, 7) is 6.04. The number of nitrogens with zero attached hydrogens (tertiary/aromatic N) is 2. The first-order valence-corrected chi connectivity index (χ1v) is 8.52. The number of hydrogen-bond donors (Lipinski definition) is 2. The molecule has 1 aromatic heterocycles. The molecule has 1 saturated carbocycles. The molecule has 1 aromatic carbocycles. The van der Waals surface area contributed by atoms with Gasteiger partial charge in [0.15, 0.2) is 5.69 Å². The van der Waals surface area contributed by atoms with Crippen molar-refractivity contribution < 1.29 is 4.79 Å². The molecule has 0 spiro atoms. The monoisotopic (exact) mass is 324 g/mol. The molecule has 1 aliphatic carbocycles. The molecule has 0 atom stereocenters. The summed E-state index contributed by atoms with van der Waals surface area (Å²) in [5, 5.41) is 14.5. The third kappa shape index (κ3) is 3.72. The minimum Gasteiger partial charge on any atom is -0.366 e. The van der Waals surface area contributed by atoms with Crippen LogP contribution in [0, 0.1) is 20.8 Å². The van der Waals surface area contributed by atoms with E-state index in [1.165, 1.54) is 31.2 Å². The lowest BCUT2D eigenvalue weighted by Crippen LogP contribution is -2.18. The van der Waals surface area contributed by atoms with Crippen molar-refractivity contribution in [2.45, 2.75) is 52.5 Å².